The van der Waals surface area contributed by atoms with Crippen LogP contribution in [0.15, 0.2) is 113 Å². The first-order valence-electron chi connectivity index (χ1n) is 29.2. The van der Waals surface area contributed by atoms with Crippen molar-refractivity contribution in [3.63, 3.8) is 0 Å². The molecule has 416 valence electrons. The van der Waals surface area contributed by atoms with Crippen LogP contribution in [0.3, 0.4) is 0 Å². The molecule has 0 aliphatic heterocycles. The highest BCUT2D eigenvalue weighted by atomic mass is 35.5. The van der Waals surface area contributed by atoms with Gasteiger partial charge in [-0.3, -0.25) is 9.98 Å². The van der Waals surface area contributed by atoms with Crippen molar-refractivity contribution in [2.24, 2.45) is 9.98 Å². The van der Waals surface area contributed by atoms with Crippen LogP contribution in [0.2, 0.25) is 5.02 Å². The molecule has 0 atom stereocenters. The number of nitrogens with zero attached hydrogens (tertiary/aromatic N) is 2. The number of hydrogen-bond acceptors (Lipinski definition) is 10. The third-order valence-corrected chi connectivity index (χ3v) is 14.1. The molecule has 0 saturated carbocycles. The van der Waals surface area contributed by atoms with Crippen molar-refractivity contribution in [2.45, 2.75) is 194 Å². The fourth-order valence-electron chi connectivity index (χ4n) is 9.02. The number of phenolic OH excluding ortho intramolecular Hbond substituents is 2. The van der Waals surface area contributed by atoms with Crippen molar-refractivity contribution < 1.29 is 38.7 Å². The number of rotatable bonds is 40. The molecule has 77 heavy (non-hydrogen) atoms. The van der Waals surface area contributed by atoms with Gasteiger partial charge in [0.15, 0.2) is 5.75 Å². The molecule has 0 radical (unpaired) electrons. The predicted molar refractivity (Wildman–Crippen MR) is 317 cm³/mol. The van der Waals surface area contributed by atoms with E-state index in [-0.39, 0.29) is 39.1 Å². The monoisotopic (exact) mass is 1070 g/mol. The second-order valence-corrected chi connectivity index (χ2v) is 20.7. The van der Waals surface area contributed by atoms with Crippen LogP contribution in [-0.2, 0) is 0 Å². The van der Waals surface area contributed by atoms with E-state index < -0.39 is 11.9 Å². The number of carbonyl (C=O) groups is 2. The average Bonchev–Trinajstić information content (AvgIpc) is 3.43. The predicted octanol–water partition coefficient (Wildman–Crippen LogP) is 19.4. The Labute approximate surface area is 465 Å². The molecule has 0 aliphatic rings. The largest absolute Gasteiger partial charge is 0.507 e. The van der Waals surface area contributed by atoms with Gasteiger partial charge in [-0.25, -0.2) is 9.59 Å². The third-order valence-electron chi connectivity index (χ3n) is 13.8. The van der Waals surface area contributed by atoms with Gasteiger partial charge in [-0.1, -0.05) is 192 Å². The van der Waals surface area contributed by atoms with Gasteiger partial charge in [-0.2, -0.15) is 0 Å². The van der Waals surface area contributed by atoms with Crippen molar-refractivity contribution in [1.82, 2.24) is 0 Å². The summed E-state index contributed by atoms with van der Waals surface area (Å²) in [6.07, 6.45) is 39.7. The van der Waals surface area contributed by atoms with Crippen LogP contribution < -0.4 is 18.9 Å². The van der Waals surface area contributed by atoms with E-state index in [0.717, 1.165) is 25.7 Å². The highest BCUT2D eigenvalue weighted by Crippen LogP contribution is 2.31. The summed E-state index contributed by atoms with van der Waals surface area (Å²) in [7, 11) is 0. The lowest BCUT2D eigenvalue weighted by molar-refractivity contribution is 0.0732. The number of ether oxygens (including phenoxy) is 4. The number of hydrogen-bond donors (Lipinski definition) is 2. The molecule has 0 aromatic heterocycles. The molecule has 0 heterocycles. The lowest BCUT2D eigenvalue weighted by atomic mass is 10.0. The Hall–Kier alpha value is -6.13. The van der Waals surface area contributed by atoms with Gasteiger partial charge in [0.1, 0.15) is 28.7 Å². The van der Waals surface area contributed by atoms with E-state index in [0.29, 0.717) is 47.2 Å². The van der Waals surface area contributed by atoms with Gasteiger partial charge in [0, 0.05) is 41.8 Å². The maximum Gasteiger partial charge on any atom is 0.343 e. The highest BCUT2D eigenvalue weighted by Gasteiger charge is 2.15. The second-order valence-electron chi connectivity index (χ2n) is 20.3. The average molecular weight is 1070 g/mol. The lowest BCUT2D eigenvalue weighted by Crippen LogP contribution is -2.10. The molecular formula is C66H87ClN2O8. The summed E-state index contributed by atoms with van der Waals surface area (Å²) in [6, 6.07) is 27.7. The standard InChI is InChI=1S/C66H87ClN2O8/c1-3-5-7-9-11-13-15-17-19-21-23-25-27-29-45-74-58-41-35-54(62(70)47-58)50-68-56-37-31-52(32-38-56)65(72)76-60-43-44-61(67)64(49-60)77-66(73)53-33-39-57(40-34-53)69-51-55-36-42-59(48-63(55)71)75-46-30-28-26-24-22-20-18-16-14-12-10-8-6-4-2/h31-44,47-51,70-71H,3-30,45-46H2,1-2H3. The van der Waals surface area contributed by atoms with E-state index in [1.54, 1.807) is 85.2 Å². The van der Waals surface area contributed by atoms with Crippen molar-refractivity contribution in [2.75, 3.05) is 13.2 Å². The number of carbonyl (C=O) groups excluding carboxylic acids is 2. The summed E-state index contributed by atoms with van der Waals surface area (Å²) >= 11 is 6.38. The summed E-state index contributed by atoms with van der Waals surface area (Å²) in [5, 5.41) is 21.5. The zero-order valence-electron chi connectivity index (χ0n) is 46.3. The van der Waals surface area contributed by atoms with Gasteiger partial charge < -0.3 is 29.2 Å². The SMILES string of the molecule is CCCCCCCCCCCCCCCCOc1ccc(C=Nc2ccc(C(=O)Oc3ccc(Cl)c(OC(=O)c4ccc(N=Cc5ccc(OCCCCCCCCCCCCCCCC)cc5O)cc4)c3)cc2)c(O)c1. The van der Waals surface area contributed by atoms with Crippen LogP contribution in [0.4, 0.5) is 11.4 Å². The molecule has 0 amide bonds. The topological polar surface area (TPSA) is 136 Å². The zero-order chi connectivity index (χ0) is 54.6. The van der Waals surface area contributed by atoms with Crippen molar-refractivity contribution >= 4 is 47.3 Å². The van der Waals surface area contributed by atoms with Crippen LogP contribution in [0.5, 0.6) is 34.5 Å². The zero-order valence-corrected chi connectivity index (χ0v) is 47.1. The molecular weight excluding hydrogens is 984 g/mol. The Bertz CT molecular complexity index is 2510. The smallest absolute Gasteiger partial charge is 0.343 e. The Morgan fingerprint density at radius 2 is 0.753 bits per heavy atom. The number of phenols is 2. The molecule has 11 heteroatoms. The molecule has 0 saturated heterocycles. The fraction of sp³-hybridized carbons (Fsp3) is 0.485. The molecule has 0 spiro atoms. The molecule has 0 fully saturated rings. The Balaban J connectivity index is 0.962. The number of aliphatic imine (C=N–C) groups is 2. The van der Waals surface area contributed by atoms with E-state index in [2.05, 4.69) is 23.8 Å². The van der Waals surface area contributed by atoms with Gasteiger partial charge in [0.2, 0.25) is 0 Å². The van der Waals surface area contributed by atoms with Gasteiger partial charge in [0.25, 0.3) is 0 Å². The molecule has 5 rings (SSSR count). The lowest BCUT2D eigenvalue weighted by Gasteiger charge is -2.10. The van der Waals surface area contributed by atoms with E-state index in [1.807, 2.05) is 12.1 Å². The van der Waals surface area contributed by atoms with Gasteiger partial charge in [-0.15, -0.1) is 0 Å². The Morgan fingerprint density at radius 1 is 0.416 bits per heavy atom. The van der Waals surface area contributed by atoms with E-state index in [4.69, 9.17) is 30.5 Å². The number of halogens is 1. The van der Waals surface area contributed by atoms with Gasteiger partial charge >= 0.3 is 11.9 Å². The van der Waals surface area contributed by atoms with Crippen molar-refractivity contribution in [1.29, 1.82) is 0 Å². The van der Waals surface area contributed by atoms with Crippen LogP contribution >= 0.6 is 11.6 Å². The minimum Gasteiger partial charge on any atom is -0.507 e. The van der Waals surface area contributed by atoms with Crippen LogP contribution in [-0.4, -0.2) is 47.8 Å². The molecule has 5 aromatic carbocycles. The first-order chi connectivity index (χ1) is 37.7. The van der Waals surface area contributed by atoms with Crippen LogP contribution in [0, 0.1) is 0 Å². The first-order valence-corrected chi connectivity index (χ1v) is 29.5. The molecule has 2 N–H and O–H groups in total. The second kappa shape index (κ2) is 37.6. The van der Waals surface area contributed by atoms with E-state index in [1.165, 1.54) is 172 Å². The maximum atomic E-state index is 13.1. The number of aromatic hydroxyl groups is 2. The third kappa shape index (κ3) is 25.3. The van der Waals surface area contributed by atoms with Crippen molar-refractivity contribution in [3.8, 4) is 34.5 Å². The minimum absolute atomic E-state index is 0.0177. The highest BCUT2D eigenvalue weighted by molar-refractivity contribution is 6.32. The van der Waals surface area contributed by atoms with Gasteiger partial charge in [-0.05, 0) is 97.8 Å². The van der Waals surface area contributed by atoms with Crippen LogP contribution in [0.1, 0.15) is 225 Å². The molecule has 0 aliphatic carbocycles. The van der Waals surface area contributed by atoms with Crippen LogP contribution in [0.25, 0.3) is 0 Å². The van der Waals surface area contributed by atoms with Crippen molar-refractivity contribution in [3.05, 3.63) is 130 Å². The normalized spacial score (nSPS) is 11.4. The molecule has 0 unspecified atom stereocenters. The fourth-order valence-corrected chi connectivity index (χ4v) is 9.18. The molecule has 10 nitrogen and oxygen atoms in total. The number of esters is 2. The minimum atomic E-state index is -0.669. The number of unbranched alkanes of at least 4 members (excludes halogenated alkanes) is 26. The molecule has 0 bridgehead atoms. The summed E-state index contributed by atoms with van der Waals surface area (Å²) in [4.78, 5) is 35.2. The summed E-state index contributed by atoms with van der Waals surface area (Å²) in [6.45, 7) is 5.76. The Kier molecular flexibility index (Phi) is 30.1. The molecule has 5 aromatic rings. The first kappa shape index (κ1) is 61.7. The summed E-state index contributed by atoms with van der Waals surface area (Å²) in [5.74, 6) is 0.206. The van der Waals surface area contributed by atoms with Gasteiger partial charge in [0.05, 0.1) is 40.7 Å². The van der Waals surface area contributed by atoms with E-state index >= 15 is 0 Å². The number of benzene rings is 5. The quantitative estimate of drug-likeness (QED) is 0.0171. The van der Waals surface area contributed by atoms with E-state index in [9.17, 15) is 19.8 Å². The summed E-state index contributed by atoms with van der Waals surface area (Å²) < 4.78 is 23.0. The maximum absolute atomic E-state index is 13.1. The Morgan fingerprint density at radius 3 is 1.12 bits per heavy atom. The summed E-state index contributed by atoms with van der Waals surface area (Å²) in [5.41, 5.74) is 2.72.